The predicted molar refractivity (Wildman–Crippen MR) is 76.6 cm³/mol. The van der Waals surface area contributed by atoms with Crippen LogP contribution in [0.5, 0.6) is 0 Å². The molecule has 0 bridgehead atoms. The lowest BCUT2D eigenvalue weighted by Crippen LogP contribution is -2.36. The first-order valence-electron chi connectivity index (χ1n) is 6.50. The van der Waals surface area contributed by atoms with Crippen molar-refractivity contribution in [1.29, 1.82) is 0 Å². The molecule has 2 rings (SSSR count). The highest BCUT2D eigenvalue weighted by atomic mass is 32.1. The van der Waals surface area contributed by atoms with Crippen molar-refractivity contribution in [3.05, 3.63) is 21.9 Å². The minimum atomic E-state index is -0.0611. The molecule has 0 unspecified atom stereocenters. The third-order valence-electron chi connectivity index (χ3n) is 3.54. The van der Waals surface area contributed by atoms with Gasteiger partial charge in [-0.05, 0) is 43.5 Å². The molecule has 98 valence electrons. The largest absolute Gasteiger partial charge is 0.384 e. The van der Waals surface area contributed by atoms with Crippen LogP contribution in [0.2, 0.25) is 0 Å². The lowest BCUT2D eigenvalue weighted by molar-refractivity contribution is 0.128. The zero-order chi connectivity index (χ0) is 13.0. The molecule has 0 spiro atoms. The number of aliphatic hydroxyl groups is 1. The van der Waals surface area contributed by atoms with Crippen LogP contribution < -0.4 is 0 Å². The Morgan fingerprint density at radius 3 is 2.72 bits per heavy atom. The summed E-state index contributed by atoms with van der Waals surface area (Å²) in [5.74, 6) is 5.66. The molecule has 2 heterocycles. The van der Waals surface area contributed by atoms with E-state index in [0.717, 1.165) is 11.4 Å². The Labute approximate surface area is 114 Å². The second-order valence-electron chi connectivity index (χ2n) is 5.67. The molecule has 0 amide bonds. The van der Waals surface area contributed by atoms with Crippen molar-refractivity contribution in [2.75, 3.05) is 19.7 Å². The number of thiophene rings is 1. The smallest absolute Gasteiger partial charge is 0.104 e. The summed E-state index contributed by atoms with van der Waals surface area (Å²) in [6.45, 7) is 8.09. The van der Waals surface area contributed by atoms with Crippen molar-refractivity contribution in [3.63, 3.8) is 0 Å². The fraction of sp³-hybridized carbons (Fsp3) is 0.600. The third-order valence-corrected chi connectivity index (χ3v) is 4.53. The number of hydrogen-bond donors (Lipinski definition) is 1. The highest BCUT2D eigenvalue weighted by Crippen LogP contribution is 2.30. The van der Waals surface area contributed by atoms with E-state index in [4.69, 9.17) is 5.11 Å². The van der Waals surface area contributed by atoms with Gasteiger partial charge in [-0.15, -0.1) is 11.3 Å². The van der Waals surface area contributed by atoms with Crippen molar-refractivity contribution in [2.45, 2.75) is 33.2 Å². The molecular weight excluding hydrogens is 242 g/mol. The topological polar surface area (TPSA) is 23.5 Å². The molecule has 0 saturated carbocycles. The lowest BCUT2D eigenvalue weighted by Gasteiger charge is -2.36. The predicted octanol–water partition coefficient (Wildman–Crippen LogP) is 2.71. The molecule has 1 aromatic heterocycles. The summed E-state index contributed by atoms with van der Waals surface area (Å²) in [5, 5.41) is 8.67. The summed E-state index contributed by atoms with van der Waals surface area (Å²) in [6, 6.07) is 4.21. The van der Waals surface area contributed by atoms with E-state index in [1.54, 1.807) is 11.3 Å². The molecule has 1 fully saturated rings. The third kappa shape index (κ3) is 3.84. The summed E-state index contributed by atoms with van der Waals surface area (Å²) >= 11 is 1.74. The quantitative estimate of drug-likeness (QED) is 0.829. The standard InChI is InChI=1S/C15H21NOS/c1-15(2)7-9-16(10-8-15)12-14-6-5-13(18-14)4-3-11-17/h5-6,17H,7-12H2,1-2H3. The second kappa shape index (κ2) is 5.88. The number of likely N-dealkylation sites (tertiary alicyclic amines) is 1. The van der Waals surface area contributed by atoms with Gasteiger partial charge in [0.25, 0.3) is 0 Å². The second-order valence-corrected chi connectivity index (χ2v) is 6.83. The van der Waals surface area contributed by atoms with Crippen LogP contribution in [0.1, 0.15) is 36.4 Å². The van der Waals surface area contributed by atoms with Crippen molar-refractivity contribution in [2.24, 2.45) is 5.41 Å². The minimum Gasteiger partial charge on any atom is -0.384 e. The lowest BCUT2D eigenvalue weighted by atomic mass is 9.83. The SMILES string of the molecule is CC1(C)CCN(Cc2ccc(C#CCO)s2)CC1. The van der Waals surface area contributed by atoms with Crippen molar-refractivity contribution < 1.29 is 5.11 Å². The van der Waals surface area contributed by atoms with Crippen LogP contribution in [0.4, 0.5) is 0 Å². The van der Waals surface area contributed by atoms with Crippen LogP contribution in [-0.2, 0) is 6.54 Å². The highest BCUT2D eigenvalue weighted by molar-refractivity contribution is 7.12. The Morgan fingerprint density at radius 1 is 1.33 bits per heavy atom. The number of rotatable bonds is 2. The van der Waals surface area contributed by atoms with E-state index >= 15 is 0 Å². The Bertz CT molecular complexity index is 443. The molecule has 0 atom stereocenters. The Kier molecular flexibility index (Phi) is 4.45. The van der Waals surface area contributed by atoms with Gasteiger partial charge in [0, 0.05) is 11.4 Å². The first kappa shape index (κ1) is 13.6. The van der Waals surface area contributed by atoms with Gasteiger partial charge in [0.15, 0.2) is 0 Å². The molecule has 1 aliphatic rings. The molecule has 0 aromatic carbocycles. The summed E-state index contributed by atoms with van der Waals surface area (Å²) in [4.78, 5) is 4.95. The zero-order valence-corrected chi connectivity index (χ0v) is 12.0. The van der Waals surface area contributed by atoms with Gasteiger partial charge < -0.3 is 5.11 Å². The van der Waals surface area contributed by atoms with Gasteiger partial charge in [0.2, 0.25) is 0 Å². The Balaban J connectivity index is 1.88. The van der Waals surface area contributed by atoms with Crippen LogP contribution in [0, 0.1) is 17.3 Å². The van der Waals surface area contributed by atoms with Gasteiger partial charge >= 0.3 is 0 Å². The average molecular weight is 263 g/mol. The summed E-state index contributed by atoms with van der Waals surface area (Å²) < 4.78 is 0. The van der Waals surface area contributed by atoms with Gasteiger partial charge in [0.1, 0.15) is 6.61 Å². The number of piperidine rings is 1. The normalized spacial score (nSPS) is 19.3. The van der Waals surface area contributed by atoms with E-state index in [9.17, 15) is 0 Å². The fourth-order valence-corrected chi connectivity index (χ4v) is 3.12. The Morgan fingerprint density at radius 2 is 2.06 bits per heavy atom. The number of aliphatic hydroxyl groups excluding tert-OH is 1. The van der Waals surface area contributed by atoms with Crippen LogP contribution >= 0.6 is 11.3 Å². The van der Waals surface area contributed by atoms with Gasteiger partial charge in [-0.3, -0.25) is 4.90 Å². The molecule has 0 radical (unpaired) electrons. The zero-order valence-electron chi connectivity index (χ0n) is 11.2. The maximum atomic E-state index is 8.67. The monoisotopic (exact) mass is 263 g/mol. The Hall–Kier alpha value is -0.820. The van der Waals surface area contributed by atoms with Crippen molar-refractivity contribution in [3.8, 4) is 11.8 Å². The molecule has 1 aromatic rings. The van der Waals surface area contributed by atoms with E-state index in [1.165, 1.54) is 30.8 Å². The van der Waals surface area contributed by atoms with Gasteiger partial charge in [0.05, 0.1) is 4.88 Å². The summed E-state index contributed by atoms with van der Waals surface area (Å²) in [6.07, 6.45) is 2.57. The van der Waals surface area contributed by atoms with Gasteiger partial charge in [-0.2, -0.15) is 0 Å². The van der Waals surface area contributed by atoms with Gasteiger partial charge in [-0.25, -0.2) is 0 Å². The van der Waals surface area contributed by atoms with Crippen LogP contribution in [-0.4, -0.2) is 29.7 Å². The van der Waals surface area contributed by atoms with Crippen molar-refractivity contribution in [1.82, 2.24) is 4.90 Å². The molecule has 18 heavy (non-hydrogen) atoms. The fourth-order valence-electron chi connectivity index (χ4n) is 2.19. The molecular formula is C15H21NOS. The van der Waals surface area contributed by atoms with E-state index in [2.05, 4.69) is 42.7 Å². The van der Waals surface area contributed by atoms with Gasteiger partial charge in [-0.1, -0.05) is 25.7 Å². The molecule has 1 N–H and O–H groups in total. The van der Waals surface area contributed by atoms with Crippen molar-refractivity contribution >= 4 is 11.3 Å². The van der Waals surface area contributed by atoms with Crippen LogP contribution in [0.3, 0.4) is 0 Å². The molecule has 0 aliphatic carbocycles. The highest BCUT2D eigenvalue weighted by Gasteiger charge is 2.25. The molecule has 1 saturated heterocycles. The summed E-state index contributed by atoms with van der Waals surface area (Å²) in [7, 11) is 0. The minimum absolute atomic E-state index is 0.0611. The van der Waals surface area contributed by atoms with E-state index in [1.807, 2.05) is 0 Å². The summed E-state index contributed by atoms with van der Waals surface area (Å²) in [5.41, 5.74) is 0.518. The van der Waals surface area contributed by atoms with Crippen LogP contribution in [0.25, 0.3) is 0 Å². The van der Waals surface area contributed by atoms with E-state index in [0.29, 0.717) is 5.41 Å². The van der Waals surface area contributed by atoms with Crippen LogP contribution in [0.15, 0.2) is 12.1 Å². The molecule has 1 aliphatic heterocycles. The maximum Gasteiger partial charge on any atom is 0.104 e. The first-order valence-corrected chi connectivity index (χ1v) is 7.31. The average Bonchev–Trinajstić information content (AvgIpc) is 2.77. The van der Waals surface area contributed by atoms with E-state index < -0.39 is 0 Å². The van der Waals surface area contributed by atoms with E-state index in [-0.39, 0.29) is 6.61 Å². The maximum absolute atomic E-state index is 8.67. The first-order chi connectivity index (χ1) is 8.59. The molecule has 2 nitrogen and oxygen atoms in total. The number of hydrogen-bond acceptors (Lipinski definition) is 3. The number of nitrogens with zero attached hydrogens (tertiary/aromatic N) is 1. The molecule has 3 heteroatoms.